The Balaban J connectivity index is 2.01. The summed E-state index contributed by atoms with van der Waals surface area (Å²) in [6, 6.07) is 1.78. The van der Waals surface area contributed by atoms with Gasteiger partial charge in [-0.2, -0.15) is 0 Å². The molecule has 1 heterocycles. The van der Waals surface area contributed by atoms with Crippen molar-refractivity contribution in [2.45, 2.75) is 38.5 Å². The molecule has 2 aliphatic rings. The molecule has 2 N–H and O–H groups in total. The molecule has 3 rings (SSSR count). The van der Waals surface area contributed by atoms with E-state index in [1.165, 1.54) is 19.3 Å². The summed E-state index contributed by atoms with van der Waals surface area (Å²) in [5, 5.41) is 12.0. The highest BCUT2D eigenvalue weighted by molar-refractivity contribution is 5.83. The SMILES string of the molecule is CC1C=CC2CCCCC2C1c1cc(NCCO)c(C=O)c(=O)o1. The zero-order valence-corrected chi connectivity index (χ0v) is 14.0. The Bertz CT molecular complexity index is 678. The maximum absolute atomic E-state index is 12.2. The van der Waals surface area contributed by atoms with Gasteiger partial charge in [0.1, 0.15) is 11.3 Å². The van der Waals surface area contributed by atoms with E-state index in [-0.39, 0.29) is 24.6 Å². The third-order valence-corrected chi connectivity index (χ3v) is 5.45. The van der Waals surface area contributed by atoms with Crippen molar-refractivity contribution in [1.29, 1.82) is 0 Å². The fourth-order valence-corrected chi connectivity index (χ4v) is 4.30. The first-order chi connectivity index (χ1) is 11.7. The van der Waals surface area contributed by atoms with Gasteiger partial charge in [0.25, 0.3) is 0 Å². The van der Waals surface area contributed by atoms with Crippen molar-refractivity contribution in [1.82, 2.24) is 0 Å². The third-order valence-electron chi connectivity index (χ3n) is 5.45. The molecule has 5 nitrogen and oxygen atoms in total. The highest BCUT2D eigenvalue weighted by Crippen LogP contribution is 2.47. The molecule has 1 fully saturated rings. The van der Waals surface area contributed by atoms with Gasteiger partial charge in [0.2, 0.25) is 0 Å². The minimum atomic E-state index is -0.600. The number of rotatable bonds is 5. The molecule has 1 aromatic rings. The monoisotopic (exact) mass is 331 g/mol. The first-order valence-corrected chi connectivity index (χ1v) is 8.82. The molecule has 24 heavy (non-hydrogen) atoms. The molecule has 1 aromatic heterocycles. The van der Waals surface area contributed by atoms with E-state index in [0.717, 1.165) is 6.42 Å². The summed E-state index contributed by atoms with van der Waals surface area (Å²) in [7, 11) is 0. The number of hydrogen-bond acceptors (Lipinski definition) is 5. The average Bonchev–Trinajstić information content (AvgIpc) is 2.59. The number of aliphatic hydroxyl groups is 1. The summed E-state index contributed by atoms with van der Waals surface area (Å²) in [4.78, 5) is 23.5. The van der Waals surface area contributed by atoms with Crippen molar-refractivity contribution < 1.29 is 14.3 Å². The third kappa shape index (κ3) is 3.18. The van der Waals surface area contributed by atoms with E-state index in [2.05, 4.69) is 24.4 Å². The van der Waals surface area contributed by atoms with Gasteiger partial charge >= 0.3 is 5.63 Å². The van der Waals surface area contributed by atoms with Gasteiger partial charge in [0, 0.05) is 18.5 Å². The number of carbonyl (C=O) groups excluding carboxylic acids is 1. The van der Waals surface area contributed by atoms with Crippen molar-refractivity contribution in [3.05, 3.63) is 40.0 Å². The number of fused-ring (bicyclic) bond motifs is 1. The Kier molecular flexibility index (Phi) is 5.19. The lowest BCUT2D eigenvalue weighted by atomic mass is 9.64. The van der Waals surface area contributed by atoms with Crippen LogP contribution in [0.4, 0.5) is 5.69 Å². The zero-order chi connectivity index (χ0) is 17.1. The molecule has 4 atom stereocenters. The van der Waals surface area contributed by atoms with Crippen molar-refractivity contribution in [2.75, 3.05) is 18.5 Å². The predicted molar refractivity (Wildman–Crippen MR) is 92.4 cm³/mol. The Labute approximate surface area is 141 Å². The molecule has 0 spiro atoms. The van der Waals surface area contributed by atoms with E-state index in [1.54, 1.807) is 6.07 Å². The molecule has 0 radical (unpaired) electrons. The second-order valence-corrected chi connectivity index (χ2v) is 6.91. The van der Waals surface area contributed by atoms with Crippen LogP contribution in [0.25, 0.3) is 0 Å². The second kappa shape index (κ2) is 7.34. The summed E-state index contributed by atoms with van der Waals surface area (Å²) in [6.45, 7) is 2.37. The molecule has 0 amide bonds. The molecule has 0 saturated heterocycles. The summed E-state index contributed by atoms with van der Waals surface area (Å²) < 4.78 is 5.56. The van der Waals surface area contributed by atoms with Crippen LogP contribution in [0.3, 0.4) is 0 Å². The van der Waals surface area contributed by atoms with Crippen molar-refractivity contribution >= 4 is 12.0 Å². The minimum Gasteiger partial charge on any atom is -0.427 e. The van der Waals surface area contributed by atoms with Crippen LogP contribution in [0, 0.1) is 17.8 Å². The summed E-state index contributed by atoms with van der Waals surface area (Å²) in [6.07, 6.45) is 9.87. The molecular weight excluding hydrogens is 306 g/mol. The topological polar surface area (TPSA) is 79.5 Å². The van der Waals surface area contributed by atoms with Crippen molar-refractivity contribution in [3.8, 4) is 0 Å². The van der Waals surface area contributed by atoms with E-state index >= 15 is 0 Å². The van der Waals surface area contributed by atoms with Gasteiger partial charge in [0.05, 0.1) is 12.3 Å². The Morgan fingerprint density at radius 1 is 1.33 bits per heavy atom. The molecule has 4 unspecified atom stereocenters. The highest BCUT2D eigenvalue weighted by Gasteiger charge is 2.38. The normalized spacial score (nSPS) is 29.1. The maximum Gasteiger partial charge on any atom is 0.348 e. The van der Waals surface area contributed by atoms with E-state index in [9.17, 15) is 9.59 Å². The van der Waals surface area contributed by atoms with Crippen LogP contribution in [0.15, 0.2) is 27.4 Å². The average molecular weight is 331 g/mol. The Hall–Kier alpha value is -1.88. The van der Waals surface area contributed by atoms with Gasteiger partial charge < -0.3 is 14.8 Å². The van der Waals surface area contributed by atoms with Crippen LogP contribution >= 0.6 is 0 Å². The number of hydrogen-bond donors (Lipinski definition) is 2. The first kappa shape index (κ1) is 17.0. The smallest absolute Gasteiger partial charge is 0.348 e. The van der Waals surface area contributed by atoms with E-state index in [4.69, 9.17) is 9.52 Å². The number of carbonyl (C=O) groups is 1. The van der Waals surface area contributed by atoms with Gasteiger partial charge in [-0.3, -0.25) is 4.79 Å². The maximum atomic E-state index is 12.2. The number of aldehydes is 1. The van der Waals surface area contributed by atoms with Crippen LogP contribution in [0.5, 0.6) is 0 Å². The fourth-order valence-electron chi connectivity index (χ4n) is 4.30. The van der Waals surface area contributed by atoms with Gasteiger partial charge in [-0.15, -0.1) is 0 Å². The molecule has 130 valence electrons. The number of nitrogens with one attached hydrogen (secondary N) is 1. The van der Waals surface area contributed by atoms with Gasteiger partial charge in [-0.05, 0) is 30.6 Å². The summed E-state index contributed by atoms with van der Waals surface area (Å²) >= 11 is 0. The second-order valence-electron chi connectivity index (χ2n) is 6.91. The lowest BCUT2D eigenvalue weighted by molar-refractivity contribution is 0.111. The predicted octanol–water partition coefficient (Wildman–Crippen LogP) is 2.95. The number of anilines is 1. The van der Waals surface area contributed by atoms with Crippen LogP contribution in [0.1, 0.15) is 54.6 Å². The van der Waals surface area contributed by atoms with Gasteiger partial charge in [-0.25, -0.2) is 4.79 Å². The summed E-state index contributed by atoms with van der Waals surface area (Å²) in [5.74, 6) is 2.13. The van der Waals surface area contributed by atoms with Crippen LogP contribution in [-0.2, 0) is 0 Å². The van der Waals surface area contributed by atoms with Crippen LogP contribution in [-0.4, -0.2) is 24.5 Å². The molecule has 5 heteroatoms. The number of aliphatic hydroxyl groups excluding tert-OH is 1. The highest BCUT2D eigenvalue weighted by atomic mass is 16.4. The van der Waals surface area contributed by atoms with Crippen LogP contribution in [0.2, 0.25) is 0 Å². The van der Waals surface area contributed by atoms with Gasteiger partial charge in [0.15, 0.2) is 6.29 Å². The molecule has 0 bridgehead atoms. The summed E-state index contributed by atoms with van der Waals surface area (Å²) in [5.41, 5.74) is -0.150. The number of allylic oxidation sites excluding steroid dienone is 2. The van der Waals surface area contributed by atoms with E-state index < -0.39 is 5.63 Å². The van der Waals surface area contributed by atoms with Crippen LogP contribution < -0.4 is 10.9 Å². The Morgan fingerprint density at radius 2 is 2.12 bits per heavy atom. The standard InChI is InChI=1S/C19H25NO4/c1-12-6-7-13-4-2-3-5-14(13)18(12)17-10-16(20-8-9-21)15(11-22)19(23)24-17/h6-7,10-14,18,20-21H,2-5,8-9H2,1H3. The van der Waals surface area contributed by atoms with Crippen molar-refractivity contribution in [3.63, 3.8) is 0 Å². The molecule has 2 aliphatic carbocycles. The largest absolute Gasteiger partial charge is 0.427 e. The molecule has 1 saturated carbocycles. The molecule has 0 aromatic carbocycles. The first-order valence-electron chi connectivity index (χ1n) is 8.82. The minimum absolute atomic E-state index is 0.00796. The quantitative estimate of drug-likeness (QED) is 0.640. The lowest BCUT2D eigenvalue weighted by Crippen LogP contribution is -2.32. The van der Waals surface area contributed by atoms with Crippen molar-refractivity contribution in [2.24, 2.45) is 17.8 Å². The fraction of sp³-hybridized carbons (Fsp3) is 0.579. The van der Waals surface area contributed by atoms with E-state index in [1.807, 2.05) is 0 Å². The zero-order valence-electron chi connectivity index (χ0n) is 14.0. The lowest BCUT2D eigenvalue weighted by Gasteiger charge is -2.40. The van der Waals surface area contributed by atoms with Gasteiger partial charge in [-0.1, -0.05) is 31.9 Å². The van der Waals surface area contributed by atoms with E-state index in [0.29, 0.717) is 35.5 Å². The Morgan fingerprint density at radius 3 is 2.88 bits per heavy atom. The molecular formula is C19H25NO4. The molecule has 0 aliphatic heterocycles.